The number of nitrogens with one attached hydrogen (secondary N) is 1. The topological polar surface area (TPSA) is 61.4 Å². The van der Waals surface area contributed by atoms with Crippen molar-refractivity contribution in [1.82, 2.24) is 25.1 Å². The zero-order chi connectivity index (χ0) is 16.4. The molecule has 0 atom stereocenters. The Balaban J connectivity index is 1.87. The molecule has 1 amide bonds. The van der Waals surface area contributed by atoms with Crippen LogP contribution in [0.5, 0.6) is 0 Å². The second-order valence-corrected chi connectivity index (χ2v) is 5.74. The van der Waals surface area contributed by atoms with Crippen LogP contribution in [-0.2, 0) is 12.7 Å². The van der Waals surface area contributed by atoms with Crippen LogP contribution in [0.25, 0.3) is 0 Å². The summed E-state index contributed by atoms with van der Waals surface area (Å²) in [4.78, 5) is 23.0. The molecule has 0 unspecified atom stereocenters. The Hall–Kier alpha value is -1.74. The van der Waals surface area contributed by atoms with E-state index in [1.807, 2.05) is 4.90 Å². The number of piperazine rings is 1. The first-order valence-electron chi connectivity index (χ1n) is 7.61. The van der Waals surface area contributed by atoms with Gasteiger partial charge in [0.15, 0.2) is 0 Å². The van der Waals surface area contributed by atoms with Crippen molar-refractivity contribution in [3.8, 4) is 0 Å². The number of likely N-dealkylation sites (tertiary alicyclic amines) is 1. The minimum absolute atomic E-state index is 0.176. The van der Waals surface area contributed by atoms with Gasteiger partial charge in [-0.3, -0.25) is 9.69 Å². The fourth-order valence-corrected chi connectivity index (χ4v) is 2.61. The number of rotatable bonds is 3. The van der Waals surface area contributed by atoms with Crippen molar-refractivity contribution in [1.29, 1.82) is 0 Å². The summed E-state index contributed by atoms with van der Waals surface area (Å²) in [6, 6.07) is 1.39. The van der Waals surface area contributed by atoms with E-state index in [4.69, 9.17) is 0 Å². The van der Waals surface area contributed by atoms with Gasteiger partial charge in [-0.2, -0.15) is 13.2 Å². The van der Waals surface area contributed by atoms with Crippen LogP contribution in [-0.4, -0.2) is 64.9 Å². The number of amides is 1. The predicted octanol–water partition coefficient (Wildman–Crippen LogP) is 0.746. The van der Waals surface area contributed by atoms with Crippen LogP contribution in [0.1, 0.15) is 28.4 Å². The standard InChI is InChI=1S/C14H18F3N5O/c15-14(16,17)13-19-10(9-21-4-1-5-21)8-11(20-13)12(23)22-6-2-18-3-7-22/h8,18H,1-7,9H2. The van der Waals surface area contributed by atoms with Crippen molar-refractivity contribution in [3.63, 3.8) is 0 Å². The summed E-state index contributed by atoms with van der Waals surface area (Å²) in [6.45, 7) is 4.18. The zero-order valence-corrected chi connectivity index (χ0v) is 12.6. The van der Waals surface area contributed by atoms with Crippen molar-refractivity contribution in [2.24, 2.45) is 0 Å². The van der Waals surface area contributed by atoms with Gasteiger partial charge in [0.2, 0.25) is 5.82 Å². The molecule has 1 aromatic heterocycles. The normalized spacial score (nSPS) is 19.5. The lowest BCUT2D eigenvalue weighted by molar-refractivity contribution is -0.145. The van der Waals surface area contributed by atoms with Crippen LogP contribution >= 0.6 is 0 Å². The maximum Gasteiger partial charge on any atom is 0.451 e. The summed E-state index contributed by atoms with van der Waals surface area (Å²) in [7, 11) is 0. The van der Waals surface area contributed by atoms with Crippen LogP contribution in [0.3, 0.4) is 0 Å². The van der Waals surface area contributed by atoms with Gasteiger partial charge < -0.3 is 10.2 Å². The molecule has 0 bridgehead atoms. The van der Waals surface area contributed by atoms with Crippen molar-refractivity contribution in [3.05, 3.63) is 23.3 Å². The van der Waals surface area contributed by atoms with E-state index in [0.717, 1.165) is 19.5 Å². The Kier molecular flexibility index (Phi) is 4.49. The van der Waals surface area contributed by atoms with Crippen LogP contribution in [0.15, 0.2) is 6.07 Å². The molecule has 0 saturated carbocycles. The molecular weight excluding hydrogens is 311 g/mol. The maximum absolute atomic E-state index is 13.0. The number of halogens is 3. The van der Waals surface area contributed by atoms with E-state index in [1.165, 1.54) is 11.0 Å². The quantitative estimate of drug-likeness (QED) is 0.887. The van der Waals surface area contributed by atoms with E-state index in [9.17, 15) is 18.0 Å². The minimum atomic E-state index is -4.66. The zero-order valence-electron chi connectivity index (χ0n) is 12.6. The van der Waals surface area contributed by atoms with E-state index >= 15 is 0 Å². The first kappa shape index (κ1) is 16.1. The van der Waals surface area contributed by atoms with E-state index in [2.05, 4.69) is 15.3 Å². The van der Waals surface area contributed by atoms with Crippen LogP contribution in [0, 0.1) is 0 Å². The first-order valence-corrected chi connectivity index (χ1v) is 7.61. The van der Waals surface area contributed by atoms with Gasteiger partial charge in [-0.1, -0.05) is 0 Å². The van der Waals surface area contributed by atoms with E-state index < -0.39 is 17.9 Å². The minimum Gasteiger partial charge on any atom is -0.335 e. The number of hydrogen-bond donors (Lipinski definition) is 1. The Morgan fingerprint density at radius 2 is 1.87 bits per heavy atom. The third-order valence-electron chi connectivity index (χ3n) is 3.99. The molecule has 9 heteroatoms. The average Bonchev–Trinajstić information content (AvgIpc) is 2.50. The molecule has 0 radical (unpaired) electrons. The molecule has 1 aromatic rings. The third kappa shape index (κ3) is 3.78. The molecule has 2 saturated heterocycles. The Morgan fingerprint density at radius 1 is 1.17 bits per heavy atom. The fourth-order valence-electron chi connectivity index (χ4n) is 2.61. The molecule has 2 fully saturated rings. The molecule has 23 heavy (non-hydrogen) atoms. The highest BCUT2D eigenvalue weighted by Crippen LogP contribution is 2.27. The van der Waals surface area contributed by atoms with Gasteiger partial charge in [0.1, 0.15) is 5.69 Å². The summed E-state index contributed by atoms with van der Waals surface area (Å²) >= 11 is 0. The second kappa shape index (κ2) is 6.40. The summed E-state index contributed by atoms with van der Waals surface area (Å²) in [6.07, 6.45) is -3.63. The number of hydrogen-bond acceptors (Lipinski definition) is 5. The number of carbonyl (C=O) groups is 1. The van der Waals surface area contributed by atoms with E-state index in [0.29, 0.717) is 32.7 Å². The van der Waals surface area contributed by atoms with Gasteiger partial charge in [-0.05, 0) is 25.6 Å². The van der Waals surface area contributed by atoms with Crippen LogP contribution in [0.4, 0.5) is 13.2 Å². The molecule has 2 aliphatic rings. The summed E-state index contributed by atoms with van der Waals surface area (Å²) in [5, 5.41) is 3.10. The number of nitrogens with zero attached hydrogens (tertiary/aromatic N) is 4. The maximum atomic E-state index is 13.0. The van der Waals surface area contributed by atoms with Gasteiger partial charge >= 0.3 is 6.18 Å². The lowest BCUT2D eigenvalue weighted by Crippen LogP contribution is -2.46. The summed E-state index contributed by atoms with van der Waals surface area (Å²) in [5.41, 5.74) is 0.0651. The van der Waals surface area contributed by atoms with Crippen molar-refractivity contribution in [2.45, 2.75) is 19.1 Å². The van der Waals surface area contributed by atoms with Gasteiger partial charge in [0.25, 0.3) is 5.91 Å². The van der Waals surface area contributed by atoms with Crippen molar-refractivity contribution >= 4 is 5.91 Å². The SMILES string of the molecule is O=C(c1cc(CN2CCC2)nc(C(F)(F)F)n1)N1CCNCC1. The molecule has 3 heterocycles. The third-order valence-corrected chi connectivity index (χ3v) is 3.99. The Morgan fingerprint density at radius 3 is 2.43 bits per heavy atom. The second-order valence-electron chi connectivity index (χ2n) is 5.74. The molecule has 0 spiro atoms. The number of aromatic nitrogens is 2. The fraction of sp³-hybridized carbons (Fsp3) is 0.643. The van der Waals surface area contributed by atoms with Gasteiger partial charge in [0.05, 0.1) is 5.69 Å². The smallest absolute Gasteiger partial charge is 0.335 e. The molecule has 3 rings (SSSR count). The molecule has 0 aliphatic carbocycles. The van der Waals surface area contributed by atoms with Crippen molar-refractivity contribution < 1.29 is 18.0 Å². The molecule has 2 aliphatic heterocycles. The first-order chi connectivity index (χ1) is 10.9. The number of carbonyl (C=O) groups excluding carboxylic acids is 1. The molecular formula is C14H18F3N5O. The van der Waals surface area contributed by atoms with Gasteiger partial charge in [-0.25, -0.2) is 9.97 Å². The lowest BCUT2D eigenvalue weighted by atomic mass is 10.2. The Bertz CT molecular complexity index is 582. The summed E-state index contributed by atoms with van der Waals surface area (Å²) in [5.74, 6) is -1.71. The molecule has 126 valence electrons. The summed E-state index contributed by atoms with van der Waals surface area (Å²) < 4.78 is 39.0. The highest BCUT2D eigenvalue weighted by molar-refractivity contribution is 5.92. The van der Waals surface area contributed by atoms with Gasteiger partial charge in [0, 0.05) is 32.7 Å². The highest BCUT2D eigenvalue weighted by atomic mass is 19.4. The Labute approximate surface area is 131 Å². The largest absolute Gasteiger partial charge is 0.451 e. The predicted molar refractivity (Wildman–Crippen MR) is 75.7 cm³/mol. The van der Waals surface area contributed by atoms with E-state index in [1.54, 1.807) is 0 Å². The monoisotopic (exact) mass is 329 g/mol. The van der Waals surface area contributed by atoms with Crippen LogP contribution < -0.4 is 5.32 Å². The average molecular weight is 329 g/mol. The lowest BCUT2D eigenvalue weighted by Gasteiger charge is -2.30. The molecule has 0 aromatic carbocycles. The highest BCUT2D eigenvalue weighted by Gasteiger charge is 2.36. The number of alkyl halides is 3. The van der Waals surface area contributed by atoms with Crippen molar-refractivity contribution in [2.75, 3.05) is 39.3 Å². The molecule has 6 nitrogen and oxygen atoms in total. The molecule has 1 N–H and O–H groups in total. The van der Waals surface area contributed by atoms with E-state index in [-0.39, 0.29) is 11.4 Å². The van der Waals surface area contributed by atoms with Gasteiger partial charge in [-0.15, -0.1) is 0 Å². The van der Waals surface area contributed by atoms with Crippen LogP contribution in [0.2, 0.25) is 0 Å².